The predicted octanol–water partition coefficient (Wildman–Crippen LogP) is 2.44. The molecule has 3 N–H and O–H groups in total. The molecule has 5 heteroatoms. The van der Waals surface area contributed by atoms with Crippen LogP contribution in [-0.4, -0.2) is 30.6 Å². The number of halogens is 2. The van der Waals surface area contributed by atoms with Crippen molar-refractivity contribution in [1.82, 2.24) is 4.90 Å². The highest BCUT2D eigenvalue weighted by atomic mass is 19.1. The fourth-order valence-electron chi connectivity index (χ4n) is 2.37. The fourth-order valence-corrected chi connectivity index (χ4v) is 2.37. The minimum atomic E-state index is -0.717. The zero-order chi connectivity index (χ0) is 13.1. The number of benzene rings is 1. The Morgan fingerprint density at radius 3 is 2.67 bits per heavy atom. The molecular formula is C13H19F2N3. The summed E-state index contributed by atoms with van der Waals surface area (Å²) in [6.45, 7) is 5.04. The van der Waals surface area contributed by atoms with E-state index in [0.29, 0.717) is 5.69 Å². The number of hydrogen-bond acceptors (Lipinski definition) is 3. The number of nitrogens with one attached hydrogen (secondary N) is 1. The minimum Gasteiger partial charge on any atom is -0.395 e. The number of hydrogen-bond donors (Lipinski definition) is 2. The molecule has 0 saturated carbocycles. The van der Waals surface area contributed by atoms with Crippen LogP contribution in [0.5, 0.6) is 0 Å². The van der Waals surface area contributed by atoms with Gasteiger partial charge in [0, 0.05) is 18.7 Å². The summed E-state index contributed by atoms with van der Waals surface area (Å²) in [5.41, 5.74) is 5.90. The number of nitrogens with two attached hydrogens (primary N) is 1. The van der Waals surface area contributed by atoms with Crippen LogP contribution >= 0.6 is 0 Å². The molecule has 1 aliphatic heterocycles. The molecule has 0 aliphatic carbocycles. The fraction of sp³-hybridized carbons (Fsp3) is 0.538. The Morgan fingerprint density at radius 1 is 1.33 bits per heavy atom. The molecule has 0 aromatic heterocycles. The van der Waals surface area contributed by atoms with Gasteiger partial charge in [0.25, 0.3) is 0 Å². The Labute approximate surface area is 106 Å². The normalized spacial score (nSPS) is 17.9. The van der Waals surface area contributed by atoms with Gasteiger partial charge in [-0.2, -0.15) is 0 Å². The van der Waals surface area contributed by atoms with E-state index < -0.39 is 11.6 Å². The largest absolute Gasteiger partial charge is 0.395 e. The van der Waals surface area contributed by atoms with Gasteiger partial charge in [0.15, 0.2) is 5.82 Å². The summed E-state index contributed by atoms with van der Waals surface area (Å²) in [4.78, 5) is 2.34. The lowest BCUT2D eigenvalue weighted by atomic mass is 10.2. The SMILES string of the molecule is CC(CN1CCCC1)Nc1cc(F)cc(F)c1N. The molecule has 3 nitrogen and oxygen atoms in total. The lowest BCUT2D eigenvalue weighted by molar-refractivity contribution is 0.328. The van der Waals surface area contributed by atoms with Crippen LogP contribution in [0.15, 0.2) is 12.1 Å². The molecule has 1 heterocycles. The molecule has 0 radical (unpaired) electrons. The first-order valence-electron chi connectivity index (χ1n) is 6.29. The van der Waals surface area contributed by atoms with Crippen molar-refractivity contribution in [3.63, 3.8) is 0 Å². The lowest BCUT2D eigenvalue weighted by Crippen LogP contribution is -2.33. The maximum absolute atomic E-state index is 13.3. The zero-order valence-electron chi connectivity index (χ0n) is 10.5. The standard InChI is InChI=1S/C13H19F2N3/c1-9(8-18-4-2-3-5-18)17-12-7-10(14)6-11(15)13(12)16/h6-7,9,17H,2-5,8,16H2,1H3. The predicted molar refractivity (Wildman–Crippen MR) is 69.5 cm³/mol. The van der Waals surface area contributed by atoms with E-state index in [1.165, 1.54) is 18.9 Å². The third kappa shape index (κ3) is 3.10. The molecule has 0 bridgehead atoms. The summed E-state index contributed by atoms with van der Waals surface area (Å²) >= 11 is 0. The van der Waals surface area contributed by atoms with Gasteiger partial charge in [0.05, 0.1) is 11.4 Å². The topological polar surface area (TPSA) is 41.3 Å². The monoisotopic (exact) mass is 255 g/mol. The zero-order valence-corrected chi connectivity index (χ0v) is 10.5. The highest BCUT2D eigenvalue weighted by Gasteiger charge is 2.16. The van der Waals surface area contributed by atoms with Gasteiger partial charge in [0.2, 0.25) is 0 Å². The second-order valence-electron chi connectivity index (χ2n) is 4.90. The summed E-state index contributed by atoms with van der Waals surface area (Å²) in [5.74, 6) is -1.33. The maximum atomic E-state index is 13.3. The molecule has 1 fully saturated rings. The summed E-state index contributed by atoms with van der Waals surface area (Å²) in [7, 11) is 0. The maximum Gasteiger partial charge on any atom is 0.151 e. The van der Waals surface area contributed by atoms with E-state index in [9.17, 15) is 8.78 Å². The first kappa shape index (κ1) is 13.1. The van der Waals surface area contributed by atoms with Crippen molar-refractivity contribution in [2.24, 2.45) is 0 Å². The van der Waals surface area contributed by atoms with Crippen LogP contribution in [0.4, 0.5) is 20.2 Å². The van der Waals surface area contributed by atoms with Gasteiger partial charge < -0.3 is 16.0 Å². The Bertz CT molecular complexity index is 417. The highest BCUT2D eigenvalue weighted by Crippen LogP contribution is 2.24. The smallest absolute Gasteiger partial charge is 0.151 e. The first-order chi connectivity index (χ1) is 8.56. The van der Waals surface area contributed by atoms with Gasteiger partial charge in [-0.25, -0.2) is 8.78 Å². The molecule has 1 aromatic carbocycles. The van der Waals surface area contributed by atoms with Gasteiger partial charge in [-0.1, -0.05) is 0 Å². The number of nitrogens with zero attached hydrogens (tertiary/aromatic N) is 1. The number of anilines is 2. The van der Waals surface area contributed by atoms with Gasteiger partial charge in [-0.3, -0.25) is 0 Å². The van der Waals surface area contributed by atoms with Crippen LogP contribution in [0, 0.1) is 11.6 Å². The van der Waals surface area contributed by atoms with E-state index >= 15 is 0 Å². The third-order valence-electron chi connectivity index (χ3n) is 3.23. The summed E-state index contributed by atoms with van der Waals surface area (Å²) in [6.07, 6.45) is 2.45. The Morgan fingerprint density at radius 2 is 2.00 bits per heavy atom. The van der Waals surface area contributed by atoms with Crippen molar-refractivity contribution >= 4 is 11.4 Å². The van der Waals surface area contributed by atoms with E-state index in [4.69, 9.17) is 5.73 Å². The van der Waals surface area contributed by atoms with Crippen molar-refractivity contribution in [2.45, 2.75) is 25.8 Å². The molecule has 100 valence electrons. The van der Waals surface area contributed by atoms with Crippen molar-refractivity contribution < 1.29 is 8.78 Å². The average Bonchev–Trinajstić information content (AvgIpc) is 2.77. The lowest BCUT2D eigenvalue weighted by Gasteiger charge is -2.22. The van der Waals surface area contributed by atoms with Gasteiger partial charge >= 0.3 is 0 Å². The quantitative estimate of drug-likeness (QED) is 0.812. The molecule has 1 aromatic rings. The van der Waals surface area contributed by atoms with Crippen LogP contribution in [0.1, 0.15) is 19.8 Å². The molecule has 2 rings (SSSR count). The first-order valence-corrected chi connectivity index (χ1v) is 6.29. The Kier molecular flexibility index (Phi) is 4.01. The summed E-state index contributed by atoms with van der Waals surface area (Å²) in [6, 6.07) is 2.14. The van der Waals surface area contributed by atoms with Crippen molar-refractivity contribution in [1.29, 1.82) is 0 Å². The van der Waals surface area contributed by atoms with Crippen molar-refractivity contribution in [2.75, 3.05) is 30.7 Å². The van der Waals surface area contributed by atoms with Crippen LogP contribution in [-0.2, 0) is 0 Å². The second kappa shape index (κ2) is 5.52. The number of nitrogen functional groups attached to an aromatic ring is 1. The van der Waals surface area contributed by atoms with E-state index in [1.54, 1.807) is 0 Å². The Hall–Kier alpha value is -1.36. The van der Waals surface area contributed by atoms with Crippen LogP contribution < -0.4 is 11.1 Å². The van der Waals surface area contributed by atoms with E-state index in [2.05, 4.69) is 10.2 Å². The molecular weight excluding hydrogens is 236 g/mol. The molecule has 1 unspecified atom stereocenters. The molecule has 0 amide bonds. The van der Waals surface area contributed by atoms with Crippen molar-refractivity contribution in [3.05, 3.63) is 23.8 Å². The highest BCUT2D eigenvalue weighted by molar-refractivity contribution is 5.67. The van der Waals surface area contributed by atoms with Crippen LogP contribution in [0.3, 0.4) is 0 Å². The number of rotatable bonds is 4. The van der Waals surface area contributed by atoms with Crippen LogP contribution in [0.25, 0.3) is 0 Å². The van der Waals surface area contributed by atoms with E-state index in [-0.39, 0.29) is 11.7 Å². The molecule has 1 aliphatic rings. The average molecular weight is 255 g/mol. The van der Waals surface area contributed by atoms with E-state index in [0.717, 1.165) is 25.7 Å². The van der Waals surface area contributed by atoms with E-state index in [1.807, 2.05) is 6.92 Å². The third-order valence-corrected chi connectivity index (χ3v) is 3.23. The second-order valence-corrected chi connectivity index (χ2v) is 4.90. The minimum absolute atomic E-state index is 0.0235. The van der Waals surface area contributed by atoms with Crippen molar-refractivity contribution in [3.8, 4) is 0 Å². The number of likely N-dealkylation sites (tertiary alicyclic amines) is 1. The molecule has 1 atom stereocenters. The van der Waals surface area contributed by atoms with Gasteiger partial charge in [0.1, 0.15) is 5.82 Å². The van der Waals surface area contributed by atoms with Gasteiger partial charge in [-0.15, -0.1) is 0 Å². The van der Waals surface area contributed by atoms with Gasteiger partial charge in [-0.05, 0) is 38.9 Å². The molecule has 18 heavy (non-hydrogen) atoms. The summed E-state index contributed by atoms with van der Waals surface area (Å²) in [5, 5.41) is 3.07. The molecule has 0 spiro atoms. The molecule has 1 saturated heterocycles. The Balaban J connectivity index is 1.99. The summed E-state index contributed by atoms with van der Waals surface area (Å²) < 4.78 is 26.4. The van der Waals surface area contributed by atoms with Crippen LogP contribution in [0.2, 0.25) is 0 Å².